The van der Waals surface area contributed by atoms with E-state index in [0.717, 1.165) is 6.07 Å². The minimum absolute atomic E-state index is 0.175. The van der Waals surface area contributed by atoms with Crippen molar-refractivity contribution in [3.8, 4) is 11.1 Å². The van der Waals surface area contributed by atoms with E-state index in [1.165, 1.54) is 18.5 Å². The second-order valence-electron chi connectivity index (χ2n) is 3.27. The molecule has 0 bridgehead atoms. The number of rotatable bonds is 1. The first-order valence-electron chi connectivity index (χ1n) is 4.62. The average Bonchev–Trinajstić information content (AvgIpc) is 2.29. The first-order chi connectivity index (χ1) is 7.98. The SMILES string of the molecule is FC(F)(F)c1ccc(-c2ccncc2)c(Cl)n1. The third-order valence-electron chi connectivity index (χ3n) is 2.13. The highest BCUT2D eigenvalue weighted by Gasteiger charge is 2.32. The number of halogens is 4. The number of hydrogen-bond acceptors (Lipinski definition) is 2. The number of aromatic nitrogens is 2. The van der Waals surface area contributed by atoms with Crippen LogP contribution < -0.4 is 0 Å². The number of alkyl halides is 3. The molecule has 0 aliphatic heterocycles. The lowest BCUT2D eigenvalue weighted by atomic mass is 10.1. The van der Waals surface area contributed by atoms with Crippen molar-refractivity contribution < 1.29 is 13.2 Å². The van der Waals surface area contributed by atoms with E-state index in [0.29, 0.717) is 11.1 Å². The van der Waals surface area contributed by atoms with Gasteiger partial charge in [0.15, 0.2) is 0 Å². The minimum Gasteiger partial charge on any atom is -0.265 e. The van der Waals surface area contributed by atoms with Crippen molar-refractivity contribution in [2.24, 2.45) is 0 Å². The van der Waals surface area contributed by atoms with E-state index < -0.39 is 11.9 Å². The summed E-state index contributed by atoms with van der Waals surface area (Å²) in [5.74, 6) is 0. The van der Waals surface area contributed by atoms with Crippen LogP contribution in [0.1, 0.15) is 5.69 Å². The van der Waals surface area contributed by atoms with Crippen molar-refractivity contribution in [3.05, 3.63) is 47.5 Å². The lowest BCUT2D eigenvalue weighted by Crippen LogP contribution is -2.07. The zero-order valence-corrected chi connectivity index (χ0v) is 9.13. The Kier molecular flexibility index (Phi) is 3.02. The zero-order valence-electron chi connectivity index (χ0n) is 8.37. The first kappa shape index (κ1) is 11.9. The van der Waals surface area contributed by atoms with Crippen LogP contribution in [0.4, 0.5) is 13.2 Å². The Morgan fingerprint density at radius 3 is 2.18 bits per heavy atom. The highest BCUT2D eigenvalue weighted by atomic mass is 35.5. The van der Waals surface area contributed by atoms with E-state index in [2.05, 4.69) is 9.97 Å². The third-order valence-corrected chi connectivity index (χ3v) is 2.42. The van der Waals surface area contributed by atoms with Gasteiger partial charge in [0.05, 0.1) is 0 Å². The van der Waals surface area contributed by atoms with E-state index in [4.69, 9.17) is 11.6 Å². The summed E-state index contributed by atoms with van der Waals surface area (Å²) in [6.07, 6.45) is -1.42. The Hall–Kier alpha value is -1.62. The molecule has 0 saturated heterocycles. The molecule has 0 atom stereocenters. The number of hydrogen-bond donors (Lipinski definition) is 0. The average molecular weight is 259 g/mol. The lowest BCUT2D eigenvalue weighted by Gasteiger charge is -2.08. The van der Waals surface area contributed by atoms with Crippen LogP contribution in [0.5, 0.6) is 0 Å². The molecule has 0 aliphatic carbocycles. The molecule has 0 fully saturated rings. The third kappa shape index (κ3) is 2.55. The molecule has 17 heavy (non-hydrogen) atoms. The van der Waals surface area contributed by atoms with Gasteiger partial charge in [-0.15, -0.1) is 0 Å². The topological polar surface area (TPSA) is 25.8 Å². The summed E-state index contributed by atoms with van der Waals surface area (Å²) < 4.78 is 37.1. The van der Waals surface area contributed by atoms with Gasteiger partial charge in [-0.1, -0.05) is 11.6 Å². The molecular formula is C11H6ClF3N2. The van der Waals surface area contributed by atoms with E-state index >= 15 is 0 Å². The quantitative estimate of drug-likeness (QED) is 0.727. The molecule has 0 aromatic carbocycles. The Morgan fingerprint density at radius 2 is 1.65 bits per heavy atom. The fourth-order valence-corrected chi connectivity index (χ4v) is 1.60. The lowest BCUT2D eigenvalue weighted by molar-refractivity contribution is -0.141. The minimum atomic E-state index is -4.49. The Morgan fingerprint density at radius 1 is 1.00 bits per heavy atom. The molecule has 0 spiro atoms. The molecule has 0 unspecified atom stereocenters. The van der Waals surface area contributed by atoms with Crippen LogP contribution in [0.15, 0.2) is 36.7 Å². The molecule has 6 heteroatoms. The van der Waals surface area contributed by atoms with Gasteiger partial charge in [-0.2, -0.15) is 13.2 Å². The van der Waals surface area contributed by atoms with Crippen molar-refractivity contribution in [1.82, 2.24) is 9.97 Å². The van der Waals surface area contributed by atoms with E-state index in [1.807, 2.05) is 0 Å². The van der Waals surface area contributed by atoms with Crippen LogP contribution in [0.25, 0.3) is 11.1 Å². The molecule has 0 amide bonds. The van der Waals surface area contributed by atoms with Gasteiger partial charge >= 0.3 is 6.18 Å². The smallest absolute Gasteiger partial charge is 0.265 e. The Bertz CT molecular complexity index is 526. The molecule has 2 aromatic heterocycles. The fourth-order valence-electron chi connectivity index (χ4n) is 1.34. The molecular weight excluding hydrogens is 253 g/mol. The monoisotopic (exact) mass is 258 g/mol. The highest BCUT2D eigenvalue weighted by molar-refractivity contribution is 6.32. The number of pyridine rings is 2. The molecule has 2 heterocycles. The van der Waals surface area contributed by atoms with Crippen molar-refractivity contribution in [2.45, 2.75) is 6.18 Å². The van der Waals surface area contributed by atoms with Crippen LogP contribution in [0.3, 0.4) is 0 Å². The van der Waals surface area contributed by atoms with Crippen LogP contribution in [0.2, 0.25) is 5.15 Å². The molecule has 0 N–H and O–H groups in total. The van der Waals surface area contributed by atoms with Crippen molar-refractivity contribution >= 4 is 11.6 Å². The maximum absolute atomic E-state index is 12.4. The van der Waals surface area contributed by atoms with Crippen LogP contribution in [0, 0.1) is 0 Å². The summed E-state index contributed by atoms with van der Waals surface area (Å²) in [5.41, 5.74) is 0.119. The number of nitrogens with zero attached hydrogens (tertiary/aromatic N) is 2. The van der Waals surface area contributed by atoms with Gasteiger partial charge in [-0.05, 0) is 29.8 Å². The molecule has 0 aliphatic rings. The molecule has 2 aromatic rings. The largest absolute Gasteiger partial charge is 0.433 e. The Labute approximate surface area is 100 Å². The molecule has 2 rings (SSSR count). The van der Waals surface area contributed by atoms with Gasteiger partial charge in [-0.25, -0.2) is 4.98 Å². The standard InChI is InChI=1S/C11H6ClF3N2/c12-10-8(7-3-5-16-6-4-7)1-2-9(17-10)11(13,14)15/h1-6H. The summed E-state index contributed by atoms with van der Waals surface area (Å²) in [7, 11) is 0. The van der Waals surface area contributed by atoms with Gasteiger partial charge in [0, 0.05) is 18.0 Å². The maximum atomic E-state index is 12.4. The predicted molar refractivity (Wildman–Crippen MR) is 57.5 cm³/mol. The summed E-state index contributed by atoms with van der Waals surface area (Å²) in [4.78, 5) is 7.15. The predicted octanol–water partition coefficient (Wildman–Crippen LogP) is 3.82. The van der Waals surface area contributed by atoms with Crippen LogP contribution >= 0.6 is 11.6 Å². The van der Waals surface area contributed by atoms with E-state index in [9.17, 15) is 13.2 Å². The van der Waals surface area contributed by atoms with Crippen molar-refractivity contribution in [3.63, 3.8) is 0 Å². The normalized spacial score (nSPS) is 11.5. The zero-order chi connectivity index (χ0) is 12.5. The second kappa shape index (κ2) is 4.33. The molecule has 88 valence electrons. The maximum Gasteiger partial charge on any atom is 0.433 e. The highest BCUT2D eigenvalue weighted by Crippen LogP contribution is 2.32. The molecule has 0 saturated carbocycles. The van der Waals surface area contributed by atoms with E-state index in [-0.39, 0.29) is 5.15 Å². The summed E-state index contributed by atoms with van der Waals surface area (Å²) in [6.45, 7) is 0. The molecule has 0 radical (unpaired) electrons. The van der Waals surface area contributed by atoms with Crippen LogP contribution in [-0.2, 0) is 6.18 Å². The Balaban J connectivity index is 2.46. The summed E-state index contributed by atoms with van der Waals surface area (Å²) >= 11 is 5.74. The van der Waals surface area contributed by atoms with E-state index in [1.54, 1.807) is 12.1 Å². The van der Waals surface area contributed by atoms with Gasteiger partial charge in [0.1, 0.15) is 10.8 Å². The van der Waals surface area contributed by atoms with Gasteiger partial charge < -0.3 is 0 Å². The summed E-state index contributed by atoms with van der Waals surface area (Å²) in [5, 5.41) is -0.175. The first-order valence-corrected chi connectivity index (χ1v) is 5.00. The second-order valence-corrected chi connectivity index (χ2v) is 3.63. The molecule has 2 nitrogen and oxygen atoms in total. The fraction of sp³-hybridized carbons (Fsp3) is 0.0909. The van der Waals surface area contributed by atoms with Crippen molar-refractivity contribution in [1.29, 1.82) is 0 Å². The van der Waals surface area contributed by atoms with Gasteiger partial charge in [0.25, 0.3) is 0 Å². The van der Waals surface area contributed by atoms with Crippen molar-refractivity contribution in [2.75, 3.05) is 0 Å². The van der Waals surface area contributed by atoms with Gasteiger partial charge in [0.2, 0.25) is 0 Å². The summed E-state index contributed by atoms with van der Waals surface area (Å²) in [6, 6.07) is 5.50. The van der Waals surface area contributed by atoms with Crippen LogP contribution in [-0.4, -0.2) is 9.97 Å². The van der Waals surface area contributed by atoms with Gasteiger partial charge in [-0.3, -0.25) is 4.98 Å².